The van der Waals surface area contributed by atoms with Gasteiger partial charge in [0.05, 0.1) is 23.6 Å². The van der Waals surface area contributed by atoms with Crippen molar-refractivity contribution in [2.45, 2.75) is 6.54 Å². The first-order valence-corrected chi connectivity index (χ1v) is 8.29. The third-order valence-electron chi connectivity index (χ3n) is 4.45. The van der Waals surface area contributed by atoms with Gasteiger partial charge in [0.1, 0.15) is 10.7 Å². The highest BCUT2D eigenvalue weighted by Crippen LogP contribution is 2.18. The molecule has 1 aliphatic rings. The van der Waals surface area contributed by atoms with Crippen molar-refractivity contribution in [3.05, 3.63) is 58.1 Å². The van der Waals surface area contributed by atoms with Crippen molar-refractivity contribution in [2.24, 2.45) is 0 Å². The Morgan fingerprint density at radius 3 is 2.65 bits per heavy atom. The predicted molar refractivity (Wildman–Crippen MR) is 92.6 cm³/mol. The molecule has 0 atom stereocenters. The molecule has 1 fully saturated rings. The number of hydrogen-bond donors (Lipinski definition) is 1. The van der Waals surface area contributed by atoms with Crippen LogP contribution >= 0.6 is 0 Å². The molecule has 2 aromatic heterocycles. The Balaban J connectivity index is 1.35. The summed E-state index contributed by atoms with van der Waals surface area (Å²) in [6.45, 7) is 3.15. The Morgan fingerprint density at radius 2 is 1.96 bits per heavy atom. The number of aromatic amines is 1. The van der Waals surface area contributed by atoms with Gasteiger partial charge in [0, 0.05) is 26.2 Å². The van der Waals surface area contributed by atoms with Crippen LogP contribution in [0.5, 0.6) is 0 Å². The Morgan fingerprint density at radius 1 is 1.19 bits per heavy atom. The van der Waals surface area contributed by atoms with E-state index in [0.717, 1.165) is 16.9 Å². The van der Waals surface area contributed by atoms with Gasteiger partial charge >= 0.3 is 5.88 Å². The predicted octanol–water partition coefficient (Wildman–Crippen LogP) is 2.02. The second kappa shape index (κ2) is 6.60. The molecule has 0 bridgehead atoms. The molecule has 1 amide bonds. The highest BCUT2D eigenvalue weighted by Gasteiger charge is 2.26. The maximum absolute atomic E-state index is 12.4. The SMILES string of the molecule is O=C(c1ccc([N+](=O)[O-])o1)N1CCN(Cc2nc3ccccc3[nH]2)CC1. The zero-order valence-corrected chi connectivity index (χ0v) is 13.9. The smallest absolute Gasteiger partial charge is 0.395 e. The van der Waals surface area contributed by atoms with Crippen LogP contribution in [0.3, 0.4) is 0 Å². The fourth-order valence-corrected chi connectivity index (χ4v) is 3.10. The summed E-state index contributed by atoms with van der Waals surface area (Å²) in [4.78, 5) is 34.1. The van der Waals surface area contributed by atoms with Crippen molar-refractivity contribution >= 4 is 22.8 Å². The third-order valence-corrected chi connectivity index (χ3v) is 4.45. The largest absolute Gasteiger partial charge is 0.433 e. The number of carbonyl (C=O) groups is 1. The molecule has 3 heterocycles. The van der Waals surface area contributed by atoms with E-state index in [4.69, 9.17) is 4.42 Å². The number of fused-ring (bicyclic) bond motifs is 1. The Labute approximate surface area is 148 Å². The lowest BCUT2D eigenvalue weighted by Crippen LogP contribution is -2.48. The van der Waals surface area contributed by atoms with Gasteiger partial charge < -0.3 is 14.3 Å². The van der Waals surface area contributed by atoms with E-state index in [-0.39, 0.29) is 11.7 Å². The number of nitro groups is 1. The normalized spacial score (nSPS) is 15.5. The minimum atomic E-state index is -0.651. The molecule has 26 heavy (non-hydrogen) atoms. The van der Waals surface area contributed by atoms with Gasteiger partial charge in [-0.25, -0.2) is 4.98 Å². The topological polar surface area (TPSA) is 109 Å². The number of furan rings is 1. The number of aromatic nitrogens is 2. The number of imidazole rings is 1. The van der Waals surface area contributed by atoms with Crippen LogP contribution in [0.15, 0.2) is 40.8 Å². The Hall–Kier alpha value is -3.20. The van der Waals surface area contributed by atoms with Crippen LogP contribution in [0.1, 0.15) is 16.4 Å². The Kier molecular flexibility index (Phi) is 4.13. The number of hydrogen-bond acceptors (Lipinski definition) is 6. The van der Waals surface area contributed by atoms with E-state index in [9.17, 15) is 14.9 Å². The van der Waals surface area contributed by atoms with E-state index in [2.05, 4.69) is 14.9 Å². The van der Waals surface area contributed by atoms with E-state index in [1.807, 2.05) is 24.3 Å². The fraction of sp³-hybridized carbons (Fsp3) is 0.294. The fourth-order valence-electron chi connectivity index (χ4n) is 3.10. The van der Waals surface area contributed by atoms with Crippen molar-refractivity contribution in [3.63, 3.8) is 0 Å². The number of amides is 1. The lowest BCUT2D eigenvalue weighted by Gasteiger charge is -2.33. The van der Waals surface area contributed by atoms with Crippen LogP contribution in [0.25, 0.3) is 11.0 Å². The quantitative estimate of drug-likeness (QED) is 0.566. The molecule has 9 heteroatoms. The van der Waals surface area contributed by atoms with Crippen molar-refractivity contribution < 1.29 is 14.1 Å². The van der Waals surface area contributed by atoms with Crippen molar-refractivity contribution in [1.29, 1.82) is 0 Å². The molecule has 1 saturated heterocycles. The average Bonchev–Trinajstić information content (AvgIpc) is 3.28. The minimum Gasteiger partial charge on any atom is -0.395 e. The van der Waals surface area contributed by atoms with Crippen LogP contribution in [-0.2, 0) is 6.54 Å². The van der Waals surface area contributed by atoms with E-state index >= 15 is 0 Å². The zero-order chi connectivity index (χ0) is 18.1. The molecule has 0 saturated carbocycles. The maximum atomic E-state index is 12.4. The first kappa shape index (κ1) is 16.3. The summed E-state index contributed by atoms with van der Waals surface area (Å²) >= 11 is 0. The third kappa shape index (κ3) is 3.16. The van der Waals surface area contributed by atoms with Crippen LogP contribution in [-0.4, -0.2) is 56.8 Å². The average molecular weight is 355 g/mol. The number of rotatable bonds is 4. The molecule has 134 valence electrons. The lowest BCUT2D eigenvalue weighted by molar-refractivity contribution is -0.402. The summed E-state index contributed by atoms with van der Waals surface area (Å²) in [5.41, 5.74) is 1.95. The van der Waals surface area contributed by atoms with Gasteiger partial charge in [-0.2, -0.15) is 0 Å². The van der Waals surface area contributed by atoms with Crippen LogP contribution in [0.2, 0.25) is 0 Å². The molecule has 1 aromatic carbocycles. The Bertz CT molecular complexity index is 922. The van der Waals surface area contributed by atoms with E-state index < -0.39 is 10.8 Å². The minimum absolute atomic E-state index is 0.00225. The number of H-pyrrole nitrogens is 1. The van der Waals surface area contributed by atoms with Crippen molar-refractivity contribution in [2.75, 3.05) is 26.2 Å². The standard InChI is InChI=1S/C17H17N5O4/c23-17(14-5-6-16(26-14)22(24)25)21-9-7-20(8-10-21)11-15-18-12-3-1-2-4-13(12)19-15/h1-6H,7-11H2,(H,18,19). The number of carbonyl (C=O) groups excluding carboxylic acids is 1. The number of nitrogens with one attached hydrogen (secondary N) is 1. The summed E-state index contributed by atoms with van der Waals surface area (Å²) in [5, 5.41) is 10.7. The highest BCUT2D eigenvalue weighted by atomic mass is 16.6. The van der Waals surface area contributed by atoms with E-state index in [1.165, 1.54) is 12.1 Å². The number of para-hydroxylation sites is 2. The summed E-state index contributed by atoms with van der Waals surface area (Å²) < 4.78 is 5.00. The van der Waals surface area contributed by atoms with Gasteiger partial charge in [0.15, 0.2) is 5.76 Å². The molecular weight excluding hydrogens is 338 g/mol. The van der Waals surface area contributed by atoms with Gasteiger partial charge in [-0.15, -0.1) is 0 Å². The molecule has 4 rings (SSSR count). The van der Waals surface area contributed by atoms with E-state index in [1.54, 1.807) is 4.90 Å². The molecule has 3 aromatic rings. The molecule has 1 N–H and O–H groups in total. The van der Waals surface area contributed by atoms with Gasteiger partial charge in [0.2, 0.25) is 0 Å². The summed E-state index contributed by atoms with van der Waals surface area (Å²) in [6, 6.07) is 10.4. The van der Waals surface area contributed by atoms with Crippen LogP contribution < -0.4 is 0 Å². The first-order valence-electron chi connectivity index (χ1n) is 8.29. The molecule has 9 nitrogen and oxygen atoms in total. The lowest BCUT2D eigenvalue weighted by atomic mass is 10.3. The zero-order valence-electron chi connectivity index (χ0n) is 13.9. The molecular formula is C17H17N5O4. The number of benzene rings is 1. The monoisotopic (exact) mass is 355 g/mol. The van der Waals surface area contributed by atoms with Gasteiger partial charge in [-0.1, -0.05) is 12.1 Å². The second-order valence-electron chi connectivity index (χ2n) is 6.16. The molecule has 1 aliphatic heterocycles. The summed E-state index contributed by atoms with van der Waals surface area (Å²) in [6.07, 6.45) is 0. The maximum Gasteiger partial charge on any atom is 0.433 e. The summed E-state index contributed by atoms with van der Waals surface area (Å²) in [7, 11) is 0. The van der Waals surface area contributed by atoms with Crippen molar-refractivity contribution in [3.8, 4) is 0 Å². The first-order chi connectivity index (χ1) is 12.6. The second-order valence-corrected chi connectivity index (χ2v) is 6.16. The number of nitrogens with zero attached hydrogens (tertiary/aromatic N) is 4. The van der Waals surface area contributed by atoms with Crippen LogP contribution in [0, 0.1) is 10.1 Å². The van der Waals surface area contributed by atoms with Crippen LogP contribution in [0.4, 0.5) is 5.88 Å². The molecule has 0 spiro atoms. The van der Waals surface area contributed by atoms with E-state index in [0.29, 0.717) is 32.7 Å². The molecule has 0 aliphatic carbocycles. The molecule has 0 radical (unpaired) electrons. The van der Waals surface area contributed by atoms with Gasteiger partial charge in [0.25, 0.3) is 5.91 Å². The number of piperazine rings is 1. The summed E-state index contributed by atoms with van der Waals surface area (Å²) in [5.74, 6) is 0.161. The molecule has 0 unspecified atom stereocenters. The van der Waals surface area contributed by atoms with Gasteiger partial charge in [-0.3, -0.25) is 19.8 Å². The van der Waals surface area contributed by atoms with Crippen molar-refractivity contribution in [1.82, 2.24) is 19.8 Å². The van der Waals surface area contributed by atoms with Gasteiger partial charge in [-0.05, 0) is 18.2 Å². The highest BCUT2D eigenvalue weighted by molar-refractivity contribution is 5.91.